The number of methoxy groups -OCH3 is 2. The molecule has 1 rings (SSSR count). The molecule has 1 heterocycles. The maximum absolute atomic E-state index is 11.3. The molecule has 0 amide bonds. The lowest BCUT2D eigenvalue weighted by Gasteiger charge is -2.20. The van der Waals surface area contributed by atoms with E-state index >= 15 is 0 Å². The normalized spacial score (nSPS) is 12.6. The molecule has 0 aliphatic rings. The third kappa shape index (κ3) is 6.27. The summed E-state index contributed by atoms with van der Waals surface area (Å²) in [6, 6.07) is 2.44. The summed E-state index contributed by atoms with van der Waals surface area (Å²) < 4.78 is 11.8. The summed E-state index contributed by atoms with van der Waals surface area (Å²) in [5.41, 5.74) is 1.01. The Morgan fingerprint density at radius 3 is 2.81 bits per heavy atom. The second-order valence-corrected chi connectivity index (χ2v) is 5.14. The molecule has 0 N–H and O–H groups in total. The minimum absolute atomic E-state index is 0.192. The van der Waals surface area contributed by atoms with Gasteiger partial charge < -0.3 is 9.47 Å². The van der Waals surface area contributed by atoms with Crippen molar-refractivity contribution >= 4 is 5.97 Å². The van der Waals surface area contributed by atoms with E-state index in [4.69, 9.17) is 4.74 Å². The standard InChI is InChI=1S/C15H27N3O3/c1-5-13(2)18-9-6-14(16-18)12-17(10-11-20-3)8-7-15(19)21-4/h6,9,13H,5,7-8,10-12H2,1-4H3. The van der Waals surface area contributed by atoms with Gasteiger partial charge in [0.25, 0.3) is 0 Å². The summed E-state index contributed by atoms with van der Waals surface area (Å²) in [6.45, 7) is 7.05. The van der Waals surface area contributed by atoms with Crippen molar-refractivity contribution in [3.05, 3.63) is 18.0 Å². The summed E-state index contributed by atoms with van der Waals surface area (Å²) in [5, 5.41) is 4.59. The average Bonchev–Trinajstić information content (AvgIpc) is 2.97. The minimum atomic E-state index is -0.192. The Bertz CT molecular complexity index is 420. The number of rotatable bonds is 10. The van der Waals surface area contributed by atoms with Gasteiger partial charge in [0.15, 0.2) is 0 Å². The molecule has 120 valence electrons. The Hall–Kier alpha value is -1.40. The van der Waals surface area contributed by atoms with Crippen molar-refractivity contribution in [1.29, 1.82) is 0 Å². The van der Waals surface area contributed by atoms with Crippen LogP contribution in [0.4, 0.5) is 0 Å². The SMILES string of the molecule is CCC(C)n1ccc(CN(CCOC)CCC(=O)OC)n1. The molecule has 0 aliphatic carbocycles. The van der Waals surface area contributed by atoms with Crippen LogP contribution in [-0.2, 0) is 20.8 Å². The molecule has 0 radical (unpaired) electrons. The smallest absolute Gasteiger partial charge is 0.306 e. The van der Waals surface area contributed by atoms with E-state index in [9.17, 15) is 4.79 Å². The molecule has 0 bridgehead atoms. The van der Waals surface area contributed by atoms with Gasteiger partial charge in [0.1, 0.15) is 0 Å². The van der Waals surface area contributed by atoms with Gasteiger partial charge in [-0.3, -0.25) is 14.4 Å². The number of nitrogens with zero attached hydrogens (tertiary/aromatic N) is 3. The summed E-state index contributed by atoms with van der Waals surface area (Å²) in [5.74, 6) is -0.192. The zero-order chi connectivity index (χ0) is 15.7. The number of ether oxygens (including phenoxy) is 2. The first kappa shape index (κ1) is 17.7. The molecule has 1 aromatic rings. The molecule has 0 saturated heterocycles. The number of hydrogen-bond donors (Lipinski definition) is 0. The first-order valence-corrected chi connectivity index (χ1v) is 7.42. The van der Waals surface area contributed by atoms with Gasteiger partial charge in [0.05, 0.1) is 25.8 Å². The van der Waals surface area contributed by atoms with Crippen molar-refractivity contribution in [2.75, 3.05) is 33.9 Å². The minimum Gasteiger partial charge on any atom is -0.469 e. The average molecular weight is 297 g/mol. The molecule has 1 atom stereocenters. The lowest BCUT2D eigenvalue weighted by Crippen LogP contribution is -2.30. The van der Waals surface area contributed by atoms with E-state index in [0.29, 0.717) is 32.2 Å². The lowest BCUT2D eigenvalue weighted by atomic mass is 10.3. The van der Waals surface area contributed by atoms with Crippen LogP contribution in [0.1, 0.15) is 38.4 Å². The summed E-state index contributed by atoms with van der Waals surface area (Å²) in [4.78, 5) is 13.4. The summed E-state index contributed by atoms with van der Waals surface area (Å²) in [6.07, 6.45) is 3.45. The van der Waals surface area contributed by atoms with Gasteiger partial charge in [-0.25, -0.2) is 0 Å². The second-order valence-electron chi connectivity index (χ2n) is 5.14. The molecule has 6 nitrogen and oxygen atoms in total. The number of carbonyl (C=O) groups is 1. The summed E-state index contributed by atoms with van der Waals surface area (Å²) >= 11 is 0. The largest absolute Gasteiger partial charge is 0.469 e. The van der Waals surface area contributed by atoms with Crippen LogP contribution in [0.15, 0.2) is 12.3 Å². The van der Waals surface area contributed by atoms with Crippen molar-refractivity contribution in [3.63, 3.8) is 0 Å². The van der Waals surface area contributed by atoms with Crippen molar-refractivity contribution in [3.8, 4) is 0 Å². The van der Waals surface area contributed by atoms with Gasteiger partial charge in [-0.05, 0) is 19.4 Å². The number of aromatic nitrogens is 2. The van der Waals surface area contributed by atoms with E-state index < -0.39 is 0 Å². The van der Waals surface area contributed by atoms with Crippen LogP contribution in [0.3, 0.4) is 0 Å². The molecule has 6 heteroatoms. The predicted octanol–water partition coefficient (Wildman–Crippen LogP) is 1.87. The highest BCUT2D eigenvalue weighted by Gasteiger charge is 2.12. The highest BCUT2D eigenvalue weighted by molar-refractivity contribution is 5.69. The molecule has 21 heavy (non-hydrogen) atoms. The molecule has 0 saturated carbocycles. The third-order valence-electron chi connectivity index (χ3n) is 3.56. The monoisotopic (exact) mass is 297 g/mol. The van der Waals surface area contributed by atoms with Gasteiger partial charge in [0.2, 0.25) is 0 Å². The van der Waals surface area contributed by atoms with Crippen LogP contribution in [0, 0.1) is 0 Å². The Labute approximate surface area is 127 Å². The first-order chi connectivity index (χ1) is 10.1. The Balaban J connectivity index is 2.58. The molecule has 0 fully saturated rings. The molecular weight excluding hydrogens is 270 g/mol. The van der Waals surface area contributed by atoms with E-state index in [1.54, 1.807) is 7.11 Å². The van der Waals surface area contributed by atoms with Crippen LogP contribution >= 0.6 is 0 Å². The number of esters is 1. The fraction of sp³-hybridized carbons (Fsp3) is 0.733. The van der Waals surface area contributed by atoms with Crippen molar-refractivity contribution in [1.82, 2.24) is 14.7 Å². The van der Waals surface area contributed by atoms with Gasteiger partial charge in [-0.15, -0.1) is 0 Å². The van der Waals surface area contributed by atoms with E-state index in [1.165, 1.54) is 7.11 Å². The van der Waals surface area contributed by atoms with Crippen molar-refractivity contribution in [2.24, 2.45) is 0 Å². The van der Waals surface area contributed by atoms with E-state index in [1.807, 2.05) is 16.9 Å². The zero-order valence-corrected chi connectivity index (χ0v) is 13.5. The number of hydrogen-bond acceptors (Lipinski definition) is 5. The quantitative estimate of drug-likeness (QED) is 0.617. The van der Waals surface area contributed by atoms with Crippen LogP contribution in [0.5, 0.6) is 0 Å². The second kappa shape index (κ2) is 9.52. The topological polar surface area (TPSA) is 56.6 Å². The molecule has 0 spiro atoms. The van der Waals surface area contributed by atoms with Crippen LogP contribution in [0.25, 0.3) is 0 Å². The highest BCUT2D eigenvalue weighted by Crippen LogP contribution is 2.10. The van der Waals surface area contributed by atoms with Gasteiger partial charge in [-0.1, -0.05) is 6.92 Å². The fourth-order valence-electron chi connectivity index (χ4n) is 1.97. The molecular formula is C15H27N3O3. The van der Waals surface area contributed by atoms with Crippen molar-refractivity contribution in [2.45, 2.75) is 39.3 Å². The van der Waals surface area contributed by atoms with Gasteiger partial charge in [0, 0.05) is 39.0 Å². The molecule has 1 unspecified atom stereocenters. The maximum Gasteiger partial charge on any atom is 0.306 e. The zero-order valence-electron chi connectivity index (χ0n) is 13.5. The van der Waals surface area contributed by atoms with Crippen molar-refractivity contribution < 1.29 is 14.3 Å². The van der Waals surface area contributed by atoms with Crippen LogP contribution < -0.4 is 0 Å². The van der Waals surface area contributed by atoms with E-state index in [-0.39, 0.29) is 5.97 Å². The predicted molar refractivity (Wildman–Crippen MR) is 81.0 cm³/mol. The Morgan fingerprint density at radius 1 is 1.43 bits per heavy atom. The molecule has 0 aliphatic heterocycles. The highest BCUT2D eigenvalue weighted by atomic mass is 16.5. The van der Waals surface area contributed by atoms with Gasteiger partial charge >= 0.3 is 5.97 Å². The van der Waals surface area contributed by atoms with Crippen LogP contribution in [-0.4, -0.2) is 54.6 Å². The Morgan fingerprint density at radius 2 is 2.19 bits per heavy atom. The van der Waals surface area contributed by atoms with Gasteiger partial charge in [-0.2, -0.15) is 5.10 Å². The fourth-order valence-corrected chi connectivity index (χ4v) is 1.97. The first-order valence-electron chi connectivity index (χ1n) is 7.42. The Kier molecular flexibility index (Phi) is 8.00. The van der Waals surface area contributed by atoms with E-state index in [0.717, 1.165) is 18.7 Å². The summed E-state index contributed by atoms with van der Waals surface area (Å²) in [7, 11) is 3.09. The number of carbonyl (C=O) groups excluding carboxylic acids is 1. The molecule has 0 aromatic carbocycles. The maximum atomic E-state index is 11.3. The van der Waals surface area contributed by atoms with E-state index in [2.05, 4.69) is 28.6 Å². The molecule has 1 aromatic heterocycles. The third-order valence-corrected chi connectivity index (χ3v) is 3.56. The van der Waals surface area contributed by atoms with Crippen LogP contribution in [0.2, 0.25) is 0 Å². The lowest BCUT2D eigenvalue weighted by molar-refractivity contribution is -0.141.